The molecular formula is C10H14Br2N2O. The molecule has 1 unspecified atom stereocenters. The standard InChI is InChI=1S/C10H14Br2N2O/c1-2-15-6-10(14-13)8-4-3-7(11)5-9(8)12/h3-5,10,14H,2,6,13H2,1H3. The van der Waals surface area contributed by atoms with Gasteiger partial charge in [-0.05, 0) is 24.6 Å². The van der Waals surface area contributed by atoms with Gasteiger partial charge in [-0.2, -0.15) is 0 Å². The molecule has 0 bridgehead atoms. The Morgan fingerprint density at radius 2 is 2.20 bits per heavy atom. The summed E-state index contributed by atoms with van der Waals surface area (Å²) in [5.74, 6) is 5.49. The fourth-order valence-corrected chi connectivity index (χ4v) is 2.57. The van der Waals surface area contributed by atoms with Gasteiger partial charge in [0.1, 0.15) is 0 Å². The number of hydrogen-bond donors (Lipinski definition) is 2. The lowest BCUT2D eigenvalue weighted by Crippen LogP contribution is -2.31. The third kappa shape index (κ3) is 3.85. The smallest absolute Gasteiger partial charge is 0.0704 e. The maximum atomic E-state index is 5.49. The highest BCUT2D eigenvalue weighted by molar-refractivity contribution is 9.11. The van der Waals surface area contributed by atoms with Crippen molar-refractivity contribution in [3.63, 3.8) is 0 Å². The van der Waals surface area contributed by atoms with Crippen LogP contribution in [0.3, 0.4) is 0 Å². The third-order valence-electron chi connectivity index (χ3n) is 2.03. The van der Waals surface area contributed by atoms with Crippen molar-refractivity contribution < 1.29 is 4.74 Å². The van der Waals surface area contributed by atoms with Gasteiger partial charge in [0.15, 0.2) is 0 Å². The summed E-state index contributed by atoms with van der Waals surface area (Å²) in [4.78, 5) is 0. The number of ether oxygens (including phenoxy) is 1. The van der Waals surface area contributed by atoms with Gasteiger partial charge in [-0.25, -0.2) is 0 Å². The average molecular weight is 338 g/mol. The molecule has 15 heavy (non-hydrogen) atoms. The molecule has 0 amide bonds. The second-order valence-electron chi connectivity index (χ2n) is 3.04. The van der Waals surface area contributed by atoms with Crippen LogP contribution in [0.25, 0.3) is 0 Å². The van der Waals surface area contributed by atoms with Crippen molar-refractivity contribution in [3.05, 3.63) is 32.7 Å². The van der Waals surface area contributed by atoms with Gasteiger partial charge in [0.25, 0.3) is 0 Å². The topological polar surface area (TPSA) is 47.3 Å². The zero-order chi connectivity index (χ0) is 11.3. The highest BCUT2D eigenvalue weighted by Gasteiger charge is 2.12. The molecular weight excluding hydrogens is 324 g/mol. The number of rotatable bonds is 5. The van der Waals surface area contributed by atoms with Gasteiger partial charge in [-0.3, -0.25) is 11.3 Å². The van der Waals surface area contributed by atoms with Crippen LogP contribution in [-0.2, 0) is 4.74 Å². The number of nitrogens with two attached hydrogens (primary N) is 1. The van der Waals surface area contributed by atoms with Gasteiger partial charge in [0.05, 0.1) is 12.6 Å². The van der Waals surface area contributed by atoms with E-state index in [-0.39, 0.29) is 6.04 Å². The Balaban J connectivity index is 2.81. The van der Waals surface area contributed by atoms with Crippen LogP contribution in [0.2, 0.25) is 0 Å². The number of halogens is 2. The van der Waals surface area contributed by atoms with Gasteiger partial charge in [0, 0.05) is 15.6 Å². The SMILES string of the molecule is CCOCC(NN)c1ccc(Br)cc1Br. The van der Waals surface area contributed by atoms with Crippen LogP contribution >= 0.6 is 31.9 Å². The molecule has 5 heteroatoms. The molecule has 0 radical (unpaired) electrons. The summed E-state index contributed by atoms with van der Waals surface area (Å²) in [5, 5.41) is 0. The Morgan fingerprint density at radius 3 is 2.73 bits per heavy atom. The summed E-state index contributed by atoms with van der Waals surface area (Å²) in [7, 11) is 0. The summed E-state index contributed by atoms with van der Waals surface area (Å²) >= 11 is 6.91. The zero-order valence-electron chi connectivity index (χ0n) is 8.47. The van der Waals surface area contributed by atoms with Crippen molar-refractivity contribution in [1.29, 1.82) is 0 Å². The maximum absolute atomic E-state index is 5.49. The Hall–Kier alpha value is 0.0600. The third-order valence-corrected chi connectivity index (χ3v) is 3.21. The molecule has 0 aromatic heterocycles. The van der Waals surface area contributed by atoms with Crippen LogP contribution in [0.4, 0.5) is 0 Å². The second kappa shape index (κ2) is 6.60. The van der Waals surface area contributed by atoms with E-state index >= 15 is 0 Å². The second-order valence-corrected chi connectivity index (χ2v) is 4.81. The highest BCUT2D eigenvalue weighted by Crippen LogP contribution is 2.26. The number of nitrogens with one attached hydrogen (secondary N) is 1. The summed E-state index contributed by atoms with van der Waals surface area (Å²) in [5.41, 5.74) is 3.83. The Bertz CT molecular complexity index is 320. The van der Waals surface area contributed by atoms with Crippen molar-refractivity contribution in [3.8, 4) is 0 Å². The first-order valence-electron chi connectivity index (χ1n) is 4.67. The fraction of sp³-hybridized carbons (Fsp3) is 0.400. The first kappa shape index (κ1) is 13.1. The quantitative estimate of drug-likeness (QED) is 0.641. The number of benzene rings is 1. The van der Waals surface area contributed by atoms with E-state index in [2.05, 4.69) is 37.3 Å². The molecule has 3 nitrogen and oxygen atoms in total. The predicted molar refractivity (Wildman–Crippen MR) is 68.4 cm³/mol. The van der Waals surface area contributed by atoms with Crippen LogP contribution in [-0.4, -0.2) is 13.2 Å². The molecule has 1 aromatic rings. The van der Waals surface area contributed by atoms with E-state index in [1.54, 1.807) is 0 Å². The zero-order valence-corrected chi connectivity index (χ0v) is 11.6. The molecule has 3 N–H and O–H groups in total. The lowest BCUT2D eigenvalue weighted by Gasteiger charge is -2.17. The lowest BCUT2D eigenvalue weighted by atomic mass is 10.1. The van der Waals surface area contributed by atoms with Crippen LogP contribution in [0.1, 0.15) is 18.5 Å². The molecule has 0 fully saturated rings. The number of hydrazine groups is 1. The molecule has 0 aliphatic carbocycles. The molecule has 1 atom stereocenters. The van der Waals surface area contributed by atoms with E-state index in [0.717, 1.165) is 14.5 Å². The minimum atomic E-state index is 0.00687. The van der Waals surface area contributed by atoms with Crippen molar-refractivity contribution in [2.75, 3.05) is 13.2 Å². The average Bonchev–Trinajstić information content (AvgIpc) is 2.21. The largest absolute Gasteiger partial charge is 0.380 e. The van der Waals surface area contributed by atoms with Crippen molar-refractivity contribution in [2.45, 2.75) is 13.0 Å². The van der Waals surface area contributed by atoms with Crippen LogP contribution in [0.15, 0.2) is 27.1 Å². The molecule has 0 aliphatic rings. The molecule has 84 valence electrons. The molecule has 0 spiro atoms. The lowest BCUT2D eigenvalue weighted by molar-refractivity contribution is 0.123. The monoisotopic (exact) mass is 336 g/mol. The van der Waals surface area contributed by atoms with E-state index in [4.69, 9.17) is 10.6 Å². The summed E-state index contributed by atoms with van der Waals surface area (Å²) in [6.07, 6.45) is 0. The number of hydrogen-bond acceptors (Lipinski definition) is 3. The van der Waals surface area contributed by atoms with E-state index in [9.17, 15) is 0 Å². The molecule has 0 saturated carbocycles. The minimum Gasteiger partial charge on any atom is -0.380 e. The van der Waals surface area contributed by atoms with Crippen LogP contribution < -0.4 is 11.3 Å². The molecule has 0 heterocycles. The minimum absolute atomic E-state index is 0.00687. The van der Waals surface area contributed by atoms with Crippen molar-refractivity contribution in [1.82, 2.24) is 5.43 Å². The van der Waals surface area contributed by atoms with Gasteiger partial charge in [-0.15, -0.1) is 0 Å². The first-order chi connectivity index (χ1) is 7.19. The fourth-order valence-electron chi connectivity index (χ4n) is 1.25. The van der Waals surface area contributed by atoms with Gasteiger partial charge in [-0.1, -0.05) is 37.9 Å². The maximum Gasteiger partial charge on any atom is 0.0704 e. The molecule has 0 saturated heterocycles. The highest BCUT2D eigenvalue weighted by atomic mass is 79.9. The van der Waals surface area contributed by atoms with Gasteiger partial charge in [0.2, 0.25) is 0 Å². The molecule has 0 aliphatic heterocycles. The van der Waals surface area contributed by atoms with Crippen molar-refractivity contribution in [2.24, 2.45) is 5.84 Å². The van der Waals surface area contributed by atoms with Crippen LogP contribution in [0.5, 0.6) is 0 Å². The Kier molecular flexibility index (Phi) is 5.78. The van der Waals surface area contributed by atoms with E-state index in [1.807, 2.05) is 25.1 Å². The normalized spacial score (nSPS) is 12.8. The molecule has 1 rings (SSSR count). The Morgan fingerprint density at radius 1 is 1.47 bits per heavy atom. The first-order valence-corrected chi connectivity index (χ1v) is 6.26. The van der Waals surface area contributed by atoms with E-state index in [0.29, 0.717) is 13.2 Å². The van der Waals surface area contributed by atoms with Crippen LogP contribution in [0, 0.1) is 0 Å². The summed E-state index contributed by atoms with van der Waals surface area (Å²) < 4.78 is 7.40. The van der Waals surface area contributed by atoms with E-state index < -0.39 is 0 Å². The summed E-state index contributed by atoms with van der Waals surface area (Å²) in [6.45, 7) is 3.21. The van der Waals surface area contributed by atoms with Gasteiger partial charge >= 0.3 is 0 Å². The summed E-state index contributed by atoms with van der Waals surface area (Å²) in [6, 6.07) is 5.99. The van der Waals surface area contributed by atoms with E-state index in [1.165, 1.54) is 0 Å². The van der Waals surface area contributed by atoms with Crippen molar-refractivity contribution >= 4 is 31.9 Å². The predicted octanol–water partition coefficient (Wildman–Crippen LogP) is 2.75. The molecule has 1 aromatic carbocycles. The Labute approximate surface area is 107 Å². The van der Waals surface area contributed by atoms with Gasteiger partial charge < -0.3 is 4.74 Å².